The van der Waals surface area contributed by atoms with E-state index in [1.54, 1.807) is 24.3 Å². The van der Waals surface area contributed by atoms with E-state index in [-0.39, 0.29) is 28.1 Å². The fourth-order valence-corrected chi connectivity index (χ4v) is 4.84. The molecule has 1 aliphatic heterocycles. The van der Waals surface area contributed by atoms with Gasteiger partial charge in [0.15, 0.2) is 5.82 Å². The summed E-state index contributed by atoms with van der Waals surface area (Å²) in [6.07, 6.45) is 3.97. The third kappa shape index (κ3) is 4.78. The molecule has 1 aromatic carbocycles. The van der Waals surface area contributed by atoms with Crippen LogP contribution in [0.25, 0.3) is 11.3 Å². The first-order valence-corrected chi connectivity index (χ1v) is 11.0. The second-order valence-electron chi connectivity index (χ2n) is 7.56. The van der Waals surface area contributed by atoms with Crippen molar-refractivity contribution < 1.29 is 22.6 Å². The highest BCUT2D eigenvalue weighted by molar-refractivity contribution is 7.77. The lowest BCUT2D eigenvalue weighted by molar-refractivity contribution is -0.0159. The lowest BCUT2D eigenvalue weighted by atomic mass is 9.82. The molecule has 3 atom stereocenters. The fraction of sp³-hybridized carbons (Fsp3) is 0.450. The Morgan fingerprint density at radius 3 is 2.79 bits per heavy atom. The number of halogens is 2. The molecule has 2 heterocycles. The van der Waals surface area contributed by atoms with Crippen LogP contribution in [0.2, 0.25) is 5.02 Å². The smallest absolute Gasteiger partial charge is 0.232 e. The molecule has 2 N–H and O–H groups in total. The second kappa shape index (κ2) is 8.65. The van der Waals surface area contributed by atoms with Crippen LogP contribution in [-0.2, 0) is 16.0 Å². The van der Waals surface area contributed by atoms with Crippen LogP contribution in [0.3, 0.4) is 0 Å². The molecule has 6 nitrogen and oxygen atoms in total. The van der Waals surface area contributed by atoms with Crippen molar-refractivity contribution >= 4 is 22.9 Å². The van der Waals surface area contributed by atoms with Crippen LogP contribution in [0, 0.1) is 17.7 Å². The SMILES string of the molecule is O=S(O)NC1([C@@H]2COCC[C@@H]2COc2ccc(-c3ncc(Cl)cc3F)cc2)CC1. The maximum atomic E-state index is 14.0. The minimum absolute atomic E-state index is 0.124. The van der Waals surface area contributed by atoms with Crippen molar-refractivity contribution in [3.63, 3.8) is 0 Å². The van der Waals surface area contributed by atoms with Crippen LogP contribution >= 0.6 is 11.6 Å². The molecule has 2 fully saturated rings. The molecule has 156 valence electrons. The Morgan fingerprint density at radius 2 is 2.14 bits per heavy atom. The van der Waals surface area contributed by atoms with Crippen molar-refractivity contribution in [1.29, 1.82) is 0 Å². The number of hydrogen-bond acceptors (Lipinski definition) is 4. The summed E-state index contributed by atoms with van der Waals surface area (Å²) >= 11 is 3.71. The Labute approximate surface area is 176 Å². The minimum Gasteiger partial charge on any atom is -0.493 e. The van der Waals surface area contributed by atoms with Crippen LogP contribution in [0.15, 0.2) is 36.5 Å². The predicted molar refractivity (Wildman–Crippen MR) is 108 cm³/mol. The summed E-state index contributed by atoms with van der Waals surface area (Å²) in [5, 5.41) is 0.255. The summed E-state index contributed by atoms with van der Waals surface area (Å²) in [6.45, 7) is 1.70. The first kappa shape index (κ1) is 20.7. The Morgan fingerprint density at radius 1 is 1.38 bits per heavy atom. The van der Waals surface area contributed by atoms with Gasteiger partial charge in [0, 0.05) is 35.7 Å². The van der Waals surface area contributed by atoms with Gasteiger partial charge in [-0.05, 0) is 49.6 Å². The molecule has 2 aliphatic rings. The molecule has 1 saturated heterocycles. The van der Waals surface area contributed by atoms with Crippen LogP contribution in [0.1, 0.15) is 19.3 Å². The number of nitrogens with one attached hydrogen (secondary N) is 1. The Kier molecular flexibility index (Phi) is 6.17. The fourth-order valence-electron chi connectivity index (χ4n) is 3.99. The first-order chi connectivity index (χ1) is 14.0. The van der Waals surface area contributed by atoms with Crippen LogP contribution in [0.5, 0.6) is 5.75 Å². The number of aromatic nitrogens is 1. The molecule has 1 aliphatic carbocycles. The molecule has 0 bridgehead atoms. The topological polar surface area (TPSA) is 80.7 Å². The number of rotatable bonds is 7. The molecule has 1 saturated carbocycles. The molecule has 0 spiro atoms. The third-order valence-corrected chi connectivity index (χ3v) is 6.48. The summed E-state index contributed by atoms with van der Waals surface area (Å²) < 4.78 is 49.0. The van der Waals surface area contributed by atoms with Crippen molar-refractivity contribution in [2.24, 2.45) is 11.8 Å². The van der Waals surface area contributed by atoms with Crippen molar-refractivity contribution in [2.75, 3.05) is 19.8 Å². The summed E-state index contributed by atoms with van der Waals surface area (Å²) in [6, 6.07) is 8.32. The zero-order valence-corrected chi connectivity index (χ0v) is 17.2. The van der Waals surface area contributed by atoms with E-state index in [1.807, 2.05) is 0 Å². The monoisotopic (exact) mass is 440 g/mol. The first-order valence-electron chi connectivity index (χ1n) is 9.47. The Balaban J connectivity index is 1.41. The zero-order chi connectivity index (χ0) is 20.4. The standard InChI is InChI=1S/C20H22ClFN2O4S/c21-15-9-18(22)19(23-10-15)13-1-3-16(4-2-13)28-11-14-5-8-27-12-17(14)20(6-7-20)24-29(25)26/h1-4,9-10,14,17,24H,5-8,11-12H2,(H,25,26)/t14-,17-/m1/s1. The molecule has 0 radical (unpaired) electrons. The predicted octanol–water partition coefficient (Wildman–Crippen LogP) is 3.83. The number of nitrogens with zero attached hydrogens (tertiary/aromatic N) is 1. The van der Waals surface area contributed by atoms with Gasteiger partial charge in [-0.2, -0.15) is 0 Å². The quantitative estimate of drug-likeness (QED) is 0.639. The summed E-state index contributed by atoms with van der Waals surface area (Å²) in [5.74, 6) is 0.549. The largest absolute Gasteiger partial charge is 0.493 e. The van der Waals surface area contributed by atoms with E-state index in [9.17, 15) is 13.2 Å². The molecule has 9 heteroatoms. The van der Waals surface area contributed by atoms with E-state index < -0.39 is 17.1 Å². The number of pyridine rings is 1. The van der Waals surface area contributed by atoms with E-state index in [0.717, 1.165) is 19.3 Å². The molecule has 1 unspecified atom stereocenters. The molecule has 2 aromatic rings. The Hall–Kier alpha value is -1.58. The summed E-state index contributed by atoms with van der Waals surface area (Å²) in [5.41, 5.74) is 0.543. The van der Waals surface area contributed by atoms with E-state index in [1.165, 1.54) is 12.3 Å². The van der Waals surface area contributed by atoms with E-state index >= 15 is 0 Å². The average molecular weight is 441 g/mol. The Bertz CT molecular complexity index is 895. The van der Waals surface area contributed by atoms with E-state index in [0.29, 0.717) is 31.1 Å². The molecule has 0 amide bonds. The van der Waals surface area contributed by atoms with Gasteiger partial charge in [-0.15, -0.1) is 0 Å². The van der Waals surface area contributed by atoms with Gasteiger partial charge < -0.3 is 9.47 Å². The van der Waals surface area contributed by atoms with E-state index in [2.05, 4.69) is 9.71 Å². The van der Waals surface area contributed by atoms with Gasteiger partial charge in [0.25, 0.3) is 0 Å². The van der Waals surface area contributed by atoms with Gasteiger partial charge in [0.1, 0.15) is 11.4 Å². The van der Waals surface area contributed by atoms with Gasteiger partial charge in [0.2, 0.25) is 11.3 Å². The van der Waals surface area contributed by atoms with E-state index in [4.69, 9.17) is 21.1 Å². The minimum atomic E-state index is -2.04. The van der Waals surface area contributed by atoms with Crippen molar-refractivity contribution in [3.8, 4) is 17.0 Å². The average Bonchev–Trinajstić information content (AvgIpc) is 3.47. The van der Waals surface area contributed by atoms with Crippen molar-refractivity contribution in [1.82, 2.24) is 9.71 Å². The molecule has 1 aromatic heterocycles. The second-order valence-corrected chi connectivity index (χ2v) is 8.70. The number of ether oxygens (including phenoxy) is 2. The lowest BCUT2D eigenvalue weighted by Crippen LogP contribution is -2.48. The van der Waals surface area contributed by atoms with Gasteiger partial charge in [-0.3, -0.25) is 9.54 Å². The third-order valence-electron chi connectivity index (χ3n) is 5.69. The summed E-state index contributed by atoms with van der Waals surface area (Å²) in [4.78, 5) is 4.05. The number of hydrogen-bond donors (Lipinski definition) is 2. The normalized spacial score (nSPS) is 24.1. The van der Waals surface area contributed by atoms with Gasteiger partial charge >= 0.3 is 0 Å². The number of benzene rings is 1. The maximum Gasteiger partial charge on any atom is 0.232 e. The molecule has 29 heavy (non-hydrogen) atoms. The molecular formula is C20H22ClFN2O4S. The van der Waals surface area contributed by atoms with Gasteiger partial charge in [-0.1, -0.05) is 11.6 Å². The van der Waals surface area contributed by atoms with Crippen LogP contribution in [-0.4, -0.2) is 39.1 Å². The zero-order valence-electron chi connectivity index (χ0n) is 15.6. The lowest BCUT2D eigenvalue weighted by Gasteiger charge is -2.37. The van der Waals surface area contributed by atoms with Crippen LogP contribution < -0.4 is 9.46 Å². The van der Waals surface area contributed by atoms with Crippen molar-refractivity contribution in [3.05, 3.63) is 47.4 Å². The highest BCUT2D eigenvalue weighted by Gasteiger charge is 2.54. The van der Waals surface area contributed by atoms with Gasteiger partial charge in [-0.25, -0.2) is 13.3 Å². The van der Waals surface area contributed by atoms with Crippen LogP contribution in [0.4, 0.5) is 4.39 Å². The highest BCUT2D eigenvalue weighted by atomic mass is 35.5. The van der Waals surface area contributed by atoms with Crippen molar-refractivity contribution in [2.45, 2.75) is 24.8 Å². The molecular weight excluding hydrogens is 419 g/mol. The highest BCUT2D eigenvalue weighted by Crippen LogP contribution is 2.48. The molecule has 4 rings (SSSR count). The summed E-state index contributed by atoms with van der Waals surface area (Å²) in [7, 11) is 0. The maximum absolute atomic E-state index is 14.0. The van der Waals surface area contributed by atoms with Gasteiger partial charge in [0.05, 0.1) is 18.2 Å².